The number of benzene rings is 2. The van der Waals surface area contributed by atoms with Crippen LogP contribution in [0.25, 0.3) is 32.9 Å². The minimum absolute atomic E-state index is 0.461. The fourth-order valence-electron chi connectivity index (χ4n) is 3.02. The van der Waals surface area contributed by atoms with Crippen molar-refractivity contribution < 1.29 is 0 Å². The summed E-state index contributed by atoms with van der Waals surface area (Å²) in [6.45, 7) is 6.50. The van der Waals surface area contributed by atoms with Gasteiger partial charge in [0.25, 0.3) is 0 Å². The predicted molar refractivity (Wildman–Crippen MR) is 101 cm³/mol. The molecule has 0 aliphatic rings. The molecule has 4 aromatic rings. The Bertz CT molecular complexity index is 1010. The second-order valence-electron chi connectivity index (χ2n) is 6.33. The number of aromatic nitrogens is 3. The van der Waals surface area contributed by atoms with Gasteiger partial charge < -0.3 is 4.57 Å². The van der Waals surface area contributed by atoms with E-state index in [-0.39, 0.29) is 0 Å². The Labute approximate surface area is 145 Å². The Morgan fingerprint density at radius 3 is 2.67 bits per heavy atom. The monoisotopic (exact) mass is 333 g/mol. The van der Waals surface area contributed by atoms with Gasteiger partial charge in [-0.25, -0.2) is 4.98 Å². The smallest absolute Gasteiger partial charge is 0.173 e. The van der Waals surface area contributed by atoms with E-state index in [1.165, 1.54) is 28.0 Å². The molecule has 0 saturated heterocycles. The van der Waals surface area contributed by atoms with E-state index in [0.29, 0.717) is 6.04 Å². The van der Waals surface area contributed by atoms with Gasteiger partial charge in [-0.3, -0.25) is 0 Å². The van der Waals surface area contributed by atoms with Crippen LogP contribution in [0.15, 0.2) is 54.7 Å². The fraction of sp³-hybridized carbons (Fsp3) is 0.200. The molecule has 120 valence electrons. The zero-order valence-corrected chi connectivity index (χ0v) is 14.8. The van der Waals surface area contributed by atoms with Crippen LogP contribution in [0.4, 0.5) is 0 Å². The highest BCUT2D eigenvalue weighted by molar-refractivity contribution is 7.09. The van der Waals surface area contributed by atoms with Gasteiger partial charge in [0.1, 0.15) is 5.01 Å². The van der Waals surface area contributed by atoms with E-state index >= 15 is 0 Å². The van der Waals surface area contributed by atoms with E-state index in [9.17, 15) is 0 Å². The first-order valence-electron chi connectivity index (χ1n) is 8.14. The maximum atomic E-state index is 4.76. The van der Waals surface area contributed by atoms with Crippen molar-refractivity contribution in [2.45, 2.75) is 26.8 Å². The van der Waals surface area contributed by atoms with E-state index in [2.05, 4.69) is 72.3 Å². The predicted octanol–water partition coefficient (Wildman–Crippen LogP) is 5.72. The largest absolute Gasteiger partial charge is 0.345 e. The number of fused-ring (bicyclic) bond motifs is 1. The van der Waals surface area contributed by atoms with Crippen molar-refractivity contribution in [1.29, 1.82) is 0 Å². The number of aryl methyl sites for hydroxylation is 1. The van der Waals surface area contributed by atoms with Crippen molar-refractivity contribution >= 4 is 22.4 Å². The normalized spacial score (nSPS) is 11.5. The first-order chi connectivity index (χ1) is 11.6. The lowest BCUT2D eigenvalue weighted by Crippen LogP contribution is -1.97. The Kier molecular flexibility index (Phi) is 3.69. The molecule has 2 heterocycles. The lowest BCUT2D eigenvalue weighted by molar-refractivity contribution is 0.623. The summed E-state index contributed by atoms with van der Waals surface area (Å²) in [6.07, 6.45) is 2.15. The highest BCUT2D eigenvalue weighted by atomic mass is 32.1. The van der Waals surface area contributed by atoms with E-state index in [4.69, 9.17) is 4.98 Å². The van der Waals surface area contributed by atoms with E-state index in [0.717, 1.165) is 22.0 Å². The molecular weight excluding hydrogens is 314 g/mol. The Balaban J connectivity index is 1.75. The second kappa shape index (κ2) is 5.87. The maximum absolute atomic E-state index is 4.76. The van der Waals surface area contributed by atoms with Crippen LogP contribution in [0.2, 0.25) is 0 Å². The molecule has 0 unspecified atom stereocenters. The van der Waals surface area contributed by atoms with E-state index in [1.54, 1.807) is 0 Å². The Morgan fingerprint density at radius 2 is 1.88 bits per heavy atom. The van der Waals surface area contributed by atoms with Crippen molar-refractivity contribution in [2.24, 2.45) is 0 Å². The van der Waals surface area contributed by atoms with Crippen molar-refractivity contribution in [3.63, 3.8) is 0 Å². The summed E-state index contributed by atoms with van der Waals surface area (Å²) in [7, 11) is 0. The highest BCUT2D eigenvalue weighted by Crippen LogP contribution is 2.30. The van der Waals surface area contributed by atoms with Crippen molar-refractivity contribution in [2.75, 3.05) is 0 Å². The van der Waals surface area contributed by atoms with Gasteiger partial charge in [0.2, 0.25) is 0 Å². The van der Waals surface area contributed by atoms with Gasteiger partial charge in [0.05, 0.1) is 0 Å². The van der Waals surface area contributed by atoms with Crippen LogP contribution in [0.1, 0.15) is 25.5 Å². The maximum Gasteiger partial charge on any atom is 0.173 e. The van der Waals surface area contributed by atoms with Gasteiger partial charge >= 0.3 is 0 Å². The number of nitrogens with zero attached hydrogens (tertiary/aromatic N) is 3. The molecule has 0 aliphatic carbocycles. The van der Waals surface area contributed by atoms with Crippen LogP contribution in [0.5, 0.6) is 0 Å². The Hall–Kier alpha value is -2.46. The van der Waals surface area contributed by atoms with Crippen LogP contribution in [-0.2, 0) is 0 Å². The molecule has 4 rings (SSSR count). The van der Waals surface area contributed by atoms with Gasteiger partial charge in [-0.15, -0.1) is 0 Å². The second-order valence-corrected chi connectivity index (χ2v) is 7.08. The molecule has 4 heteroatoms. The average molecular weight is 333 g/mol. The SMILES string of the molecule is Cc1ccccc1-c1nsc(-c2ccc3c(ccn3C(C)C)c2)n1. The minimum Gasteiger partial charge on any atom is -0.345 e. The summed E-state index contributed by atoms with van der Waals surface area (Å²) in [5.41, 5.74) is 4.69. The third-order valence-corrected chi connectivity index (χ3v) is 5.10. The van der Waals surface area contributed by atoms with E-state index in [1.807, 2.05) is 12.1 Å². The molecule has 0 radical (unpaired) electrons. The number of rotatable bonds is 3. The van der Waals surface area contributed by atoms with Gasteiger partial charge in [0.15, 0.2) is 5.82 Å². The van der Waals surface area contributed by atoms with Gasteiger partial charge in [-0.2, -0.15) is 4.37 Å². The van der Waals surface area contributed by atoms with Gasteiger partial charge in [-0.1, -0.05) is 24.3 Å². The molecule has 0 spiro atoms. The van der Waals surface area contributed by atoms with Crippen molar-refractivity contribution in [1.82, 2.24) is 13.9 Å². The molecule has 0 aliphatic heterocycles. The van der Waals surface area contributed by atoms with Crippen LogP contribution < -0.4 is 0 Å². The summed E-state index contributed by atoms with van der Waals surface area (Å²) in [5.74, 6) is 0.813. The standard InChI is InChI=1S/C20H19N3S/c1-13(2)23-11-10-15-12-16(8-9-18(15)23)20-21-19(22-24-20)17-7-5-4-6-14(17)3/h4-13H,1-3H3. The first kappa shape index (κ1) is 15.1. The van der Waals surface area contributed by atoms with E-state index < -0.39 is 0 Å². The zero-order chi connectivity index (χ0) is 16.7. The van der Waals surface area contributed by atoms with Gasteiger partial charge in [0, 0.05) is 34.3 Å². The number of hydrogen-bond donors (Lipinski definition) is 0. The molecule has 0 atom stereocenters. The zero-order valence-electron chi connectivity index (χ0n) is 14.0. The highest BCUT2D eigenvalue weighted by Gasteiger charge is 2.12. The summed E-state index contributed by atoms with van der Waals surface area (Å²) < 4.78 is 6.85. The molecule has 0 amide bonds. The van der Waals surface area contributed by atoms with Gasteiger partial charge in [-0.05, 0) is 62.1 Å². The molecule has 0 saturated carbocycles. The molecule has 0 bridgehead atoms. The number of hydrogen-bond acceptors (Lipinski definition) is 3. The van der Waals surface area contributed by atoms with Crippen LogP contribution in [0.3, 0.4) is 0 Å². The van der Waals surface area contributed by atoms with Crippen LogP contribution >= 0.6 is 11.5 Å². The van der Waals surface area contributed by atoms with Crippen LogP contribution in [0, 0.1) is 6.92 Å². The molecule has 0 N–H and O–H groups in total. The summed E-state index contributed by atoms with van der Waals surface area (Å²) in [5, 5.41) is 2.21. The fourth-order valence-corrected chi connectivity index (χ4v) is 3.69. The molecular formula is C20H19N3S. The molecule has 24 heavy (non-hydrogen) atoms. The van der Waals surface area contributed by atoms with Crippen molar-refractivity contribution in [3.8, 4) is 22.0 Å². The Morgan fingerprint density at radius 1 is 1.04 bits per heavy atom. The topological polar surface area (TPSA) is 30.7 Å². The lowest BCUT2D eigenvalue weighted by Gasteiger charge is -2.09. The molecule has 3 nitrogen and oxygen atoms in total. The molecule has 2 aromatic heterocycles. The van der Waals surface area contributed by atoms with Crippen molar-refractivity contribution in [3.05, 3.63) is 60.3 Å². The summed E-state index contributed by atoms with van der Waals surface area (Å²) >= 11 is 1.46. The third kappa shape index (κ3) is 2.53. The third-order valence-electron chi connectivity index (χ3n) is 4.34. The first-order valence-corrected chi connectivity index (χ1v) is 8.91. The lowest BCUT2D eigenvalue weighted by atomic mass is 10.1. The average Bonchev–Trinajstić information content (AvgIpc) is 3.21. The summed E-state index contributed by atoms with van der Waals surface area (Å²) in [6, 6.07) is 17.4. The minimum atomic E-state index is 0.461. The quantitative estimate of drug-likeness (QED) is 0.480. The van der Waals surface area contributed by atoms with Crippen LogP contribution in [-0.4, -0.2) is 13.9 Å². The summed E-state index contributed by atoms with van der Waals surface area (Å²) in [4.78, 5) is 4.76. The molecule has 0 fully saturated rings. The molecule has 2 aromatic carbocycles.